The van der Waals surface area contributed by atoms with Crippen LogP contribution in [0.4, 0.5) is 0 Å². The third-order valence-electron chi connectivity index (χ3n) is 5.33. The number of pyridine rings is 2. The zero-order valence-electron chi connectivity index (χ0n) is 16.4. The Morgan fingerprint density at radius 2 is 1.86 bits per heavy atom. The van der Waals surface area contributed by atoms with E-state index in [-0.39, 0.29) is 0 Å². The zero-order chi connectivity index (χ0) is 20.0. The average Bonchev–Trinajstić information content (AvgIpc) is 3.53. The van der Waals surface area contributed by atoms with Crippen LogP contribution in [0.5, 0.6) is 0 Å². The van der Waals surface area contributed by atoms with Gasteiger partial charge in [-0.15, -0.1) is 11.8 Å². The number of hydrogen-bond acceptors (Lipinski definition) is 4. The van der Waals surface area contributed by atoms with Crippen LogP contribution < -0.4 is 0 Å². The van der Waals surface area contributed by atoms with E-state index in [0.29, 0.717) is 0 Å². The van der Waals surface area contributed by atoms with Crippen LogP contribution in [0.2, 0.25) is 0 Å². The molecule has 0 amide bonds. The summed E-state index contributed by atoms with van der Waals surface area (Å²) in [7, 11) is 2.00. The molecule has 3 aromatic heterocycles. The third kappa shape index (κ3) is 3.60. The fourth-order valence-electron chi connectivity index (χ4n) is 3.66. The molecule has 146 valence electrons. The first kappa shape index (κ1) is 18.8. The molecule has 4 nitrogen and oxygen atoms in total. The van der Waals surface area contributed by atoms with E-state index in [0.717, 1.165) is 49.3 Å². The second-order valence-electron chi connectivity index (χ2n) is 7.39. The zero-order valence-corrected chi connectivity index (χ0v) is 18.8. The highest BCUT2D eigenvalue weighted by Gasteiger charge is 2.23. The minimum atomic E-state index is 0.780. The van der Waals surface area contributed by atoms with Gasteiger partial charge in [0.15, 0.2) is 11.5 Å². The number of fused-ring (bicyclic) bond motifs is 1. The average molecular weight is 465 g/mol. The molecule has 0 atom stereocenters. The maximum absolute atomic E-state index is 4.85. The van der Waals surface area contributed by atoms with Crippen molar-refractivity contribution in [1.29, 1.82) is 0 Å². The van der Waals surface area contributed by atoms with Gasteiger partial charge in [-0.05, 0) is 63.7 Å². The molecule has 1 aromatic carbocycles. The molecule has 4 aromatic rings. The van der Waals surface area contributed by atoms with Crippen LogP contribution in [0.1, 0.15) is 31.2 Å². The van der Waals surface area contributed by atoms with Crippen molar-refractivity contribution in [1.82, 2.24) is 19.5 Å². The number of rotatable bonds is 5. The van der Waals surface area contributed by atoms with Gasteiger partial charge in [0, 0.05) is 34.4 Å². The molecule has 6 heteroatoms. The molecule has 1 saturated carbocycles. The number of hydrogen-bond donors (Lipinski definition) is 0. The maximum atomic E-state index is 4.85. The van der Waals surface area contributed by atoms with Crippen LogP contribution in [0.15, 0.2) is 58.2 Å². The van der Waals surface area contributed by atoms with Gasteiger partial charge in [-0.2, -0.15) is 0 Å². The molecule has 5 rings (SSSR count). The number of thioether (sulfide) groups is 1. The van der Waals surface area contributed by atoms with E-state index < -0.39 is 0 Å². The standard InChI is InChI=1S/C23H21BrN4S/c1-3-29-20-10-17(16-8-6-15(7-9-16)14-4-5-14)12-25-21(20)23-27-19-11-18(24)13-26-22(19)28(23)2/h6-14H,3-5H2,1-2H3. The quantitative estimate of drug-likeness (QED) is 0.318. The molecule has 1 aliphatic carbocycles. The summed E-state index contributed by atoms with van der Waals surface area (Å²) in [6.07, 6.45) is 6.42. The Hall–Kier alpha value is -2.18. The summed E-state index contributed by atoms with van der Waals surface area (Å²) >= 11 is 5.28. The van der Waals surface area contributed by atoms with E-state index in [9.17, 15) is 0 Å². The van der Waals surface area contributed by atoms with E-state index in [4.69, 9.17) is 9.97 Å². The molecule has 0 bridgehead atoms. The van der Waals surface area contributed by atoms with Gasteiger partial charge in [-0.1, -0.05) is 31.2 Å². The number of nitrogens with zero attached hydrogens (tertiary/aromatic N) is 4. The largest absolute Gasteiger partial charge is 0.310 e. The van der Waals surface area contributed by atoms with Crippen LogP contribution in [0.25, 0.3) is 33.8 Å². The lowest BCUT2D eigenvalue weighted by Gasteiger charge is -2.11. The van der Waals surface area contributed by atoms with Crippen molar-refractivity contribution in [2.75, 3.05) is 5.75 Å². The van der Waals surface area contributed by atoms with Crippen LogP contribution in [-0.4, -0.2) is 25.3 Å². The summed E-state index contributed by atoms with van der Waals surface area (Å²) in [6, 6.07) is 13.2. The van der Waals surface area contributed by atoms with Gasteiger partial charge in [0.05, 0.1) is 0 Å². The fourth-order valence-corrected chi connectivity index (χ4v) is 4.78. The number of benzene rings is 1. The highest BCUT2D eigenvalue weighted by Crippen LogP contribution is 2.41. The van der Waals surface area contributed by atoms with Crippen LogP contribution in [-0.2, 0) is 7.05 Å². The second-order valence-corrected chi connectivity index (χ2v) is 9.61. The SMILES string of the molecule is CCSc1cc(-c2ccc(C3CC3)cc2)cnc1-c1nc2cc(Br)cnc2n1C. The van der Waals surface area contributed by atoms with Crippen LogP contribution >= 0.6 is 27.7 Å². The summed E-state index contributed by atoms with van der Waals surface area (Å²) in [5.74, 6) is 2.60. The summed E-state index contributed by atoms with van der Waals surface area (Å²) in [5.41, 5.74) is 6.45. The molecule has 3 heterocycles. The molecule has 0 radical (unpaired) electrons. The predicted octanol–water partition coefficient (Wildman–Crippen LogP) is 6.45. The number of halogens is 1. The van der Waals surface area contributed by atoms with Gasteiger partial charge in [0.25, 0.3) is 0 Å². The molecule has 0 saturated heterocycles. The Balaban J connectivity index is 1.57. The van der Waals surface area contributed by atoms with E-state index in [1.807, 2.05) is 23.9 Å². The first-order valence-corrected chi connectivity index (χ1v) is 11.6. The van der Waals surface area contributed by atoms with Gasteiger partial charge in [-0.3, -0.25) is 4.98 Å². The number of aromatic nitrogens is 4. The molecular formula is C23H21BrN4S. The first-order valence-electron chi connectivity index (χ1n) is 9.85. The van der Waals surface area contributed by atoms with E-state index >= 15 is 0 Å². The molecule has 0 aliphatic heterocycles. The molecule has 1 aliphatic rings. The van der Waals surface area contributed by atoms with Crippen molar-refractivity contribution in [2.45, 2.75) is 30.6 Å². The third-order valence-corrected chi connectivity index (χ3v) is 6.68. The second kappa shape index (κ2) is 7.58. The van der Waals surface area contributed by atoms with Crippen LogP contribution in [0.3, 0.4) is 0 Å². The van der Waals surface area contributed by atoms with Crippen LogP contribution in [0, 0.1) is 0 Å². The van der Waals surface area contributed by atoms with Crippen molar-refractivity contribution >= 4 is 38.9 Å². The van der Waals surface area contributed by atoms with Crippen molar-refractivity contribution in [3.63, 3.8) is 0 Å². The lowest BCUT2D eigenvalue weighted by Crippen LogP contribution is -1.98. The molecule has 29 heavy (non-hydrogen) atoms. The molecular weight excluding hydrogens is 444 g/mol. The molecule has 1 fully saturated rings. The molecule has 0 unspecified atom stereocenters. The minimum absolute atomic E-state index is 0.780. The first-order chi connectivity index (χ1) is 14.1. The summed E-state index contributed by atoms with van der Waals surface area (Å²) < 4.78 is 2.95. The number of imidazole rings is 1. The lowest BCUT2D eigenvalue weighted by molar-refractivity contribution is 0.928. The van der Waals surface area contributed by atoms with Crippen molar-refractivity contribution in [3.8, 4) is 22.6 Å². The van der Waals surface area contributed by atoms with E-state index in [1.54, 1.807) is 18.0 Å². The van der Waals surface area contributed by atoms with Gasteiger partial charge in [0.1, 0.15) is 11.2 Å². The predicted molar refractivity (Wildman–Crippen MR) is 123 cm³/mol. The van der Waals surface area contributed by atoms with Crippen molar-refractivity contribution in [2.24, 2.45) is 7.05 Å². The highest BCUT2D eigenvalue weighted by molar-refractivity contribution is 9.10. The normalized spacial score (nSPS) is 13.9. The Morgan fingerprint density at radius 3 is 2.59 bits per heavy atom. The topological polar surface area (TPSA) is 43.6 Å². The van der Waals surface area contributed by atoms with Crippen molar-refractivity contribution < 1.29 is 0 Å². The summed E-state index contributed by atoms with van der Waals surface area (Å²) in [4.78, 5) is 15.3. The van der Waals surface area contributed by atoms with E-state index in [2.05, 4.69) is 58.2 Å². The van der Waals surface area contributed by atoms with Crippen molar-refractivity contribution in [3.05, 3.63) is 58.8 Å². The van der Waals surface area contributed by atoms with Gasteiger partial charge in [-0.25, -0.2) is 9.97 Å². The molecule has 0 spiro atoms. The Bertz CT molecular complexity index is 1200. The van der Waals surface area contributed by atoms with Gasteiger partial charge < -0.3 is 4.57 Å². The fraction of sp³-hybridized carbons (Fsp3) is 0.261. The Kier molecular flexibility index (Phi) is 4.92. The van der Waals surface area contributed by atoms with Gasteiger partial charge in [0.2, 0.25) is 0 Å². The Labute approximate surface area is 182 Å². The Morgan fingerprint density at radius 1 is 1.07 bits per heavy atom. The smallest absolute Gasteiger partial charge is 0.161 e. The maximum Gasteiger partial charge on any atom is 0.161 e. The van der Waals surface area contributed by atoms with E-state index in [1.165, 1.54) is 24.0 Å². The summed E-state index contributed by atoms with van der Waals surface area (Å²) in [5, 5.41) is 0. The number of aryl methyl sites for hydroxylation is 1. The highest BCUT2D eigenvalue weighted by atomic mass is 79.9. The monoisotopic (exact) mass is 464 g/mol. The molecule has 0 N–H and O–H groups in total. The lowest BCUT2D eigenvalue weighted by atomic mass is 10.0. The minimum Gasteiger partial charge on any atom is -0.310 e. The summed E-state index contributed by atoms with van der Waals surface area (Å²) in [6.45, 7) is 2.17. The van der Waals surface area contributed by atoms with Gasteiger partial charge >= 0.3 is 0 Å².